The molecular weight excluding hydrogens is 114 g/mol. The Hall–Kier alpha value is -1.38. The Morgan fingerprint density at radius 1 is 1.11 bits per heavy atom. The number of rotatable bonds is 0. The first kappa shape index (κ1) is 5.75. The van der Waals surface area contributed by atoms with Gasteiger partial charge >= 0.3 is 0 Å². The first-order valence-electron chi connectivity index (χ1n) is 2.53. The number of allylic oxidation sites excluding steroid dienone is 3. The Labute approximate surface area is 52.9 Å². The van der Waals surface area contributed by atoms with Crippen molar-refractivity contribution in [3.63, 3.8) is 0 Å². The molecule has 1 rings (SSSR count). The molecule has 0 saturated carbocycles. The second-order valence-electron chi connectivity index (χ2n) is 1.81. The van der Waals surface area contributed by atoms with Crippen molar-refractivity contribution in [3.05, 3.63) is 23.9 Å². The fourth-order valence-corrected chi connectivity index (χ4v) is 0.562. The number of nitrogens with two attached hydrogens (primary N) is 1. The minimum atomic E-state index is 0.176. The van der Waals surface area contributed by atoms with Crippen LogP contribution in [0.15, 0.2) is 23.9 Å². The molecule has 1 aliphatic rings. The molecule has 3 heteroatoms. The Morgan fingerprint density at radius 2 is 1.78 bits per heavy atom. The molecule has 0 amide bonds. The average Bonchev–Trinajstić information content (AvgIpc) is 1.80. The molecule has 0 unspecified atom stereocenters. The van der Waals surface area contributed by atoms with Crippen LogP contribution in [0.3, 0.4) is 0 Å². The predicted octanol–water partition coefficient (Wildman–Crippen LogP) is 0.438. The van der Waals surface area contributed by atoms with Gasteiger partial charge in [-0.15, -0.1) is 0 Å². The highest BCUT2D eigenvalue weighted by atomic mass is 14.6. The van der Waals surface area contributed by atoms with E-state index in [1.165, 1.54) is 12.2 Å². The molecule has 1 aliphatic carbocycles. The van der Waals surface area contributed by atoms with Gasteiger partial charge < -0.3 is 5.73 Å². The topological polar surface area (TPSA) is 73.7 Å². The first-order valence-corrected chi connectivity index (χ1v) is 2.53. The Balaban J connectivity index is 2.95. The second kappa shape index (κ2) is 1.85. The third kappa shape index (κ3) is 1.05. The molecule has 0 bridgehead atoms. The van der Waals surface area contributed by atoms with Crippen molar-refractivity contribution in [3.8, 4) is 0 Å². The van der Waals surface area contributed by atoms with Crippen molar-refractivity contribution in [2.24, 2.45) is 5.73 Å². The third-order valence-electron chi connectivity index (χ3n) is 1.04. The van der Waals surface area contributed by atoms with E-state index in [0.29, 0.717) is 5.70 Å². The van der Waals surface area contributed by atoms with E-state index in [9.17, 15) is 0 Å². The third-order valence-corrected chi connectivity index (χ3v) is 1.04. The summed E-state index contributed by atoms with van der Waals surface area (Å²) < 4.78 is 0. The van der Waals surface area contributed by atoms with Gasteiger partial charge in [-0.05, 0) is 18.2 Å². The van der Waals surface area contributed by atoms with Gasteiger partial charge in [-0.1, -0.05) is 0 Å². The van der Waals surface area contributed by atoms with Crippen molar-refractivity contribution < 1.29 is 0 Å². The molecule has 0 atom stereocenters. The van der Waals surface area contributed by atoms with Gasteiger partial charge in [0.1, 0.15) is 0 Å². The minimum Gasteiger partial charge on any atom is -0.399 e. The summed E-state index contributed by atoms with van der Waals surface area (Å²) in [5.41, 5.74) is 6.25. The highest BCUT2D eigenvalue weighted by Crippen LogP contribution is 1.97. The summed E-state index contributed by atoms with van der Waals surface area (Å²) in [6, 6.07) is 0. The van der Waals surface area contributed by atoms with E-state index in [2.05, 4.69) is 0 Å². The van der Waals surface area contributed by atoms with Crippen LogP contribution < -0.4 is 5.73 Å². The van der Waals surface area contributed by atoms with Crippen molar-refractivity contribution in [2.75, 3.05) is 0 Å². The Morgan fingerprint density at radius 3 is 2.22 bits per heavy atom. The monoisotopic (exact) mass is 121 g/mol. The summed E-state index contributed by atoms with van der Waals surface area (Å²) in [6.45, 7) is 0. The first-order chi connectivity index (χ1) is 4.20. The zero-order valence-corrected chi connectivity index (χ0v) is 4.81. The summed E-state index contributed by atoms with van der Waals surface area (Å²) in [7, 11) is 0. The largest absolute Gasteiger partial charge is 0.399 e. The molecule has 0 heterocycles. The molecule has 0 fully saturated rings. The van der Waals surface area contributed by atoms with Gasteiger partial charge in [-0.25, -0.2) is 0 Å². The highest BCUT2D eigenvalue weighted by Gasteiger charge is 2.02. The van der Waals surface area contributed by atoms with Gasteiger partial charge in [0.15, 0.2) is 0 Å². The predicted molar refractivity (Wildman–Crippen MR) is 36.9 cm³/mol. The van der Waals surface area contributed by atoms with Crippen LogP contribution in [-0.2, 0) is 0 Å². The van der Waals surface area contributed by atoms with Gasteiger partial charge in [0.2, 0.25) is 0 Å². The minimum absolute atomic E-state index is 0.176. The Kier molecular flexibility index (Phi) is 1.18. The van der Waals surface area contributed by atoms with Crippen LogP contribution >= 0.6 is 0 Å². The van der Waals surface area contributed by atoms with Gasteiger partial charge in [0, 0.05) is 5.70 Å². The maximum Gasteiger partial charge on any atom is 0.0809 e. The SMILES string of the molecule is N=C1C=CC(N)=CC1=N. The molecule has 4 N–H and O–H groups in total. The van der Waals surface area contributed by atoms with Crippen molar-refractivity contribution in [2.45, 2.75) is 0 Å². The van der Waals surface area contributed by atoms with Crippen LogP contribution in [0, 0.1) is 10.8 Å². The van der Waals surface area contributed by atoms with E-state index in [1.807, 2.05) is 0 Å². The van der Waals surface area contributed by atoms with Gasteiger partial charge in [-0.2, -0.15) is 0 Å². The molecule has 0 saturated heterocycles. The Bertz CT molecular complexity index is 222. The normalized spacial score (nSPS) is 18.0. The van der Waals surface area contributed by atoms with Crippen molar-refractivity contribution in [1.82, 2.24) is 0 Å². The maximum atomic E-state index is 7.09. The van der Waals surface area contributed by atoms with E-state index in [4.69, 9.17) is 16.6 Å². The van der Waals surface area contributed by atoms with Crippen LogP contribution in [0.5, 0.6) is 0 Å². The number of nitrogens with one attached hydrogen (secondary N) is 2. The van der Waals surface area contributed by atoms with E-state index >= 15 is 0 Å². The molecular formula is C6H7N3. The van der Waals surface area contributed by atoms with Gasteiger partial charge in [0.25, 0.3) is 0 Å². The standard InChI is InChI=1S/C6H7N3/c7-4-1-2-5(8)6(9)3-4/h1-3,8-9H,7H2. The fourth-order valence-electron chi connectivity index (χ4n) is 0.562. The molecule has 0 spiro atoms. The van der Waals surface area contributed by atoms with Crippen LogP contribution in [0.1, 0.15) is 0 Å². The number of hydrogen-bond donors (Lipinski definition) is 3. The molecule has 3 nitrogen and oxygen atoms in total. The van der Waals surface area contributed by atoms with Gasteiger partial charge in [-0.3, -0.25) is 10.8 Å². The van der Waals surface area contributed by atoms with Crippen LogP contribution in [0.4, 0.5) is 0 Å². The lowest BCUT2D eigenvalue weighted by atomic mass is 10.1. The smallest absolute Gasteiger partial charge is 0.0809 e. The molecule has 0 aliphatic heterocycles. The second-order valence-corrected chi connectivity index (χ2v) is 1.81. The lowest BCUT2D eigenvalue weighted by Crippen LogP contribution is -2.12. The zero-order chi connectivity index (χ0) is 6.85. The molecule has 0 aromatic rings. The molecule has 46 valence electrons. The summed E-state index contributed by atoms with van der Waals surface area (Å²) in [5, 5.41) is 14.2. The average molecular weight is 121 g/mol. The van der Waals surface area contributed by atoms with E-state index in [0.717, 1.165) is 0 Å². The van der Waals surface area contributed by atoms with Crippen LogP contribution in [0.2, 0.25) is 0 Å². The quantitative estimate of drug-likeness (QED) is 0.400. The van der Waals surface area contributed by atoms with Crippen molar-refractivity contribution in [1.29, 1.82) is 10.8 Å². The molecule has 0 aromatic heterocycles. The summed E-state index contributed by atoms with van der Waals surface area (Å²) in [6.07, 6.45) is 4.58. The summed E-state index contributed by atoms with van der Waals surface area (Å²) >= 11 is 0. The molecule has 9 heavy (non-hydrogen) atoms. The summed E-state index contributed by atoms with van der Waals surface area (Å²) in [4.78, 5) is 0. The molecule has 0 radical (unpaired) electrons. The van der Waals surface area contributed by atoms with Crippen molar-refractivity contribution >= 4 is 11.4 Å². The van der Waals surface area contributed by atoms with E-state index in [1.54, 1.807) is 6.08 Å². The zero-order valence-electron chi connectivity index (χ0n) is 4.81. The van der Waals surface area contributed by atoms with E-state index in [-0.39, 0.29) is 11.4 Å². The lowest BCUT2D eigenvalue weighted by Gasteiger charge is -2.01. The number of hydrogen-bond acceptors (Lipinski definition) is 3. The lowest BCUT2D eigenvalue weighted by molar-refractivity contribution is 1.40. The van der Waals surface area contributed by atoms with Crippen LogP contribution in [0.25, 0.3) is 0 Å². The summed E-state index contributed by atoms with van der Waals surface area (Å²) in [5.74, 6) is 0. The van der Waals surface area contributed by atoms with E-state index < -0.39 is 0 Å². The van der Waals surface area contributed by atoms with Crippen LogP contribution in [-0.4, -0.2) is 11.4 Å². The maximum absolute atomic E-state index is 7.09. The van der Waals surface area contributed by atoms with Gasteiger partial charge in [0.05, 0.1) is 11.4 Å². The molecule has 0 aromatic carbocycles. The fraction of sp³-hybridized carbons (Fsp3) is 0. The highest BCUT2D eigenvalue weighted by molar-refractivity contribution is 6.49.